The first-order chi connectivity index (χ1) is 13.4. The maximum absolute atomic E-state index is 11.5. The Morgan fingerprint density at radius 1 is 1.18 bits per heavy atom. The summed E-state index contributed by atoms with van der Waals surface area (Å²) < 4.78 is 6.24. The average Bonchev–Trinajstić information content (AvgIpc) is 2.68. The number of benzene rings is 1. The van der Waals surface area contributed by atoms with Crippen molar-refractivity contribution in [3.05, 3.63) is 24.3 Å². The minimum atomic E-state index is -0.791. The molecule has 0 radical (unpaired) electrons. The molecule has 1 aliphatic carbocycles. The molecule has 1 saturated carbocycles. The quantitative estimate of drug-likeness (QED) is 0.393. The zero-order chi connectivity index (χ0) is 20.4. The summed E-state index contributed by atoms with van der Waals surface area (Å²) >= 11 is 0. The van der Waals surface area contributed by atoms with E-state index in [4.69, 9.17) is 4.74 Å². The highest BCUT2D eigenvalue weighted by atomic mass is 16.5. The normalized spacial score (nSPS) is 16.5. The molecular formula is C24H39NO3. The van der Waals surface area contributed by atoms with Crippen molar-refractivity contribution in [2.75, 3.05) is 5.32 Å². The number of hydrogen-bond donors (Lipinski definition) is 2. The summed E-state index contributed by atoms with van der Waals surface area (Å²) in [7, 11) is 0. The van der Waals surface area contributed by atoms with E-state index in [1.165, 1.54) is 38.5 Å². The lowest BCUT2D eigenvalue weighted by Crippen LogP contribution is -2.30. The van der Waals surface area contributed by atoms with Gasteiger partial charge in [-0.2, -0.15) is 0 Å². The van der Waals surface area contributed by atoms with Gasteiger partial charge in [0.2, 0.25) is 0 Å². The van der Waals surface area contributed by atoms with Crippen LogP contribution in [0.15, 0.2) is 24.3 Å². The molecule has 1 aromatic rings. The number of carboxylic acids is 1. The van der Waals surface area contributed by atoms with Crippen molar-refractivity contribution in [2.45, 2.75) is 103 Å². The average molecular weight is 390 g/mol. The Hall–Kier alpha value is -1.71. The van der Waals surface area contributed by atoms with Crippen LogP contribution in [0.2, 0.25) is 0 Å². The molecule has 0 aliphatic heterocycles. The Balaban J connectivity index is 1.83. The minimum absolute atomic E-state index is 0.184. The van der Waals surface area contributed by atoms with E-state index in [0.29, 0.717) is 6.42 Å². The molecule has 4 nitrogen and oxygen atoms in total. The third-order valence-corrected chi connectivity index (χ3v) is 5.86. The lowest BCUT2D eigenvalue weighted by molar-refractivity contribution is -0.138. The van der Waals surface area contributed by atoms with E-state index in [9.17, 15) is 9.90 Å². The van der Waals surface area contributed by atoms with Crippen molar-refractivity contribution in [2.24, 2.45) is 5.92 Å². The van der Waals surface area contributed by atoms with E-state index in [1.807, 2.05) is 24.3 Å². The monoisotopic (exact) mass is 389 g/mol. The molecule has 4 heteroatoms. The van der Waals surface area contributed by atoms with Gasteiger partial charge < -0.3 is 15.2 Å². The molecular weight excluding hydrogens is 350 g/mol. The van der Waals surface area contributed by atoms with Crippen LogP contribution in [0.5, 0.6) is 5.75 Å². The number of rotatable bonds is 12. The van der Waals surface area contributed by atoms with Crippen LogP contribution >= 0.6 is 0 Å². The van der Waals surface area contributed by atoms with Crippen LogP contribution in [0.4, 0.5) is 5.69 Å². The number of nitrogens with one attached hydrogen (secondary N) is 1. The van der Waals surface area contributed by atoms with Crippen molar-refractivity contribution >= 4 is 11.7 Å². The van der Waals surface area contributed by atoms with E-state index < -0.39 is 12.0 Å². The van der Waals surface area contributed by atoms with Crippen molar-refractivity contribution < 1.29 is 14.6 Å². The molecule has 2 rings (SSSR count). The number of hydrogen-bond acceptors (Lipinski definition) is 3. The zero-order valence-electron chi connectivity index (χ0n) is 18.0. The molecule has 0 heterocycles. The minimum Gasteiger partial charge on any atom is -0.488 e. The van der Waals surface area contributed by atoms with Gasteiger partial charge in [-0.1, -0.05) is 58.3 Å². The fraction of sp³-hybridized carbons (Fsp3) is 0.708. The first-order valence-electron chi connectivity index (χ1n) is 11.2. The third kappa shape index (κ3) is 8.12. The Morgan fingerprint density at radius 2 is 1.86 bits per heavy atom. The molecule has 0 amide bonds. The maximum atomic E-state index is 11.5. The highest BCUT2D eigenvalue weighted by Gasteiger charge is 2.23. The number of anilines is 1. The number of unbranched alkanes of at least 4 members (excludes halogenated alkanes) is 2. The molecule has 2 N–H and O–H groups in total. The van der Waals surface area contributed by atoms with Gasteiger partial charge in [-0.25, -0.2) is 4.79 Å². The summed E-state index contributed by atoms with van der Waals surface area (Å²) in [4.78, 5) is 11.5. The van der Waals surface area contributed by atoms with E-state index in [-0.39, 0.29) is 5.60 Å². The largest absolute Gasteiger partial charge is 0.488 e. The van der Waals surface area contributed by atoms with Gasteiger partial charge in [0.05, 0.1) is 0 Å². The number of carbonyl (C=O) groups is 1. The molecule has 1 aliphatic rings. The van der Waals surface area contributed by atoms with E-state index in [0.717, 1.165) is 43.0 Å². The smallest absolute Gasteiger partial charge is 0.326 e. The molecule has 1 unspecified atom stereocenters. The summed E-state index contributed by atoms with van der Waals surface area (Å²) in [6, 6.07) is 7.18. The van der Waals surface area contributed by atoms with Gasteiger partial charge in [-0.05, 0) is 63.3 Å². The van der Waals surface area contributed by atoms with Gasteiger partial charge in [0.1, 0.15) is 17.4 Å². The Bertz CT molecular complexity index is 576. The number of carboxylic acid groups (broad SMARTS) is 1. The fourth-order valence-electron chi connectivity index (χ4n) is 4.07. The second kappa shape index (κ2) is 11.3. The predicted octanol–water partition coefficient (Wildman–Crippen LogP) is 6.65. The van der Waals surface area contributed by atoms with Crippen molar-refractivity contribution in [1.29, 1.82) is 0 Å². The van der Waals surface area contributed by atoms with Crippen molar-refractivity contribution in [1.82, 2.24) is 0 Å². The SMILES string of the molecule is CCCCCC(Nc1ccc(OC(C)(C)CCC2CCCCC2)cc1)C(=O)O. The number of ether oxygens (including phenoxy) is 1. The number of aliphatic carboxylic acids is 1. The summed E-state index contributed by atoms with van der Waals surface area (Å²) in [5, 5.41) is 12.6. The van der Waals surface area contributed by atoms with Crippen LogP contribution in [-0.4, -0.2) is 22.7 Å². The van der Waals surface area contributed by atoms with Gasteiger partial charge in [0.25, 0.3) is 0 Å². The van der Waals surface area contributed by atoms with Gasteiger partial charge in [0.15, 0.2) is 0 Å². The fourth-order valence-corrected chi connectivity index (χ4v) is 4.07. The second-order valence-electron chi connectivity index (χ2n) is 8.96. The zero-order valence-corrected chi connectivity index (χ0v) is 18.0. The van der Waals surface area contributed by atoms with Crippen LogP contribution in [0.25, 0.3) is 0 Å². The maximum Gasteiger partial charge on any atom is 0.326 e. The third-order valence-electron chi connectivity index (χ3n) is 5.86. The molecule has 0 aromatic heterocycles. The van der Waals surface area contributed by atoms with Gasteiger partial charge >= 0.3 is 5.97 Å². The van der Waals surface area contributed by atoms with Gasteiger partial charge in [-0.3, -0.25) is 0 Å². The van der Waals surface area contributed by atoms with Crippen LogP contribution in [0, 0.1) is 5.92 Å². The lowest BCUT2D eigenvalue weighted by Gasteiger charge is -2.30. The molecule has 1 fully saturated rings. The summed E-state index contributed by atoms with van der Waals surface area (Å²) in [6.07, 6.45) is 13.0. The molecule has 0 spiro atoms. The molecule has 1 atom stereocenters. The van der Waals surface area contributed by atoms with Crippen LogP contribution in [0.3, 0.4) is 0 Å². The molecule has 1 aromatic carbocycles. The first-order valence-corrected chi connectivity index (χ1v) is 11.2. The van der Waals surface area contributed by atoms with Crippen molar-refractivity contribution in [3.8, 4) is 5.75 Å². The van der Waals surface area contributed by atoms with E-state index in [1.54, 1.807) is 0 Å². The topological polar surface area (TPSA) is 58.6 Å². The lowest BCUT2D eigenvalue weighted by atomic mass is 9.84. The highest BCUT2D eigenvalue weighted by molar-refractivity contribution is 5.77. The standard InChI is InChI=1S/C24H39NO3/c1-4-5-7-12-22(23(26)27)25-20-13-15-21(16-14-20)28-24(2,3)18-17-19-10-8-6-9-11-19/h13-16,19,22,25H,4-12,17-18H2,1-3H3,(H,26,27). The second-order valence-corrected chi connectivity index (χ2v) is 8.96. The summed E-state index contributed by atoms with van der Waals surface area (Å²) in [5.41, 5.74) is 0.645. The van der Waals surface area contributed by atoms with Crippen LogP contribution in [-0.2, 0) is 4.79 Å². The first kappa shape index (κ1) is 22.6. The van der Waals surface area contributed by atoms with Crippen molar-refractivity contribution in [3.63, 3.8) is 0 Å². The molecule has 158 valence electrons. The highest BCUT2D eigenvalue weighted by Crippen LogP contribution is 2.31. The van der Waals surface area contributed by atoms with Crippen LogP contribution < -0.4 is 10.1 Å². The van der Waals surface area contributed by atoms with E-state index >= 15 is 0 Å². The van der Waals surface area contributed by atoms with Crippen LogP contribution in [0.1, 0.15) is 91.4 Å². The Labute approximate surface area is 171 Å². The predicted molar refractivity (Wildman–Crippen MR) is 116 cm³/mol. The Morgan fingerprint density at radius 3 is 2.46 bits per heavy atom. The van der Waals surface area contributed by atoms with E-state index in [2.05, 4.69) is 26.1 Å². The summed E-state index contributed by atoms with van der Waals surface area (Å²) in [5.74, 6) is 0.918. The van der Waals surface area contributed by atoms with Gasteiger partial charge in [0, 0.05) is 5.69 Å². The van der Waals surface area contributed by atoms with Gasteiger partial charge in [-0.15, -0.1) is 0 Å². The molecule has 0 saturated heterocycles. The Kier molecular flexibility index (Phi) is 9.14. The molecule has 0 bridgehead atoms. The molecule has 28 heavy (non-hydrogen) atoms. The summed E-state index contributed by atoms with van der Waals surface area (Å²) in [6.45, 7) is 6.45.